The van der Waals surface area contributed by atoms with E-state index in [9.17, 15) is 0 Å². The van der Waals surface area contributed by atoms with Crippen molar-refractivity contribution in [3.05, 3.63) is 23.4 Å². The maximum atomic E-state index is 4.77. The lowest BCUT2D eigenvalue weighted by atomic mass is 10.1. The van der Waals surface area contributed by atoms with Gasteiger partial charge in [-0.25, -0.2) is 4.98 Å². The van der Waals surface area contributed by atoms with Gasteiger partial charge >= 0.3 is 0 Å². The topological polar surface area (TPSA) is 28.2 Å². The van der Waals surface area contributed by atoms with Crippen molar-refractivity contribution in [2.45, 2.75) is 59.2 Å². The van der Waals surface area contributed by atoms with Crippen LogP contribution in [0.4, 0.5) is 5.82 Å². The molecule has 1 fully saturated rings. The van der Waals surface area contributed by atoms with Gasteiger partial charge in [0.05, 0.1) is 0 Å². The van der Waals surface area contributed by atoms with E-state index in [0.29, 0.717) is 12.1 Å². The van der Waals surface area contributed by atoms with E-state index in [1.54, 1.807) is 0 Å². The summed E-state index contributed by atoms with van der Waals surface area (Å²) in [6.45, 7) is 9.66. The van der Waals surface area contributed by atoms with E-state index in [-0.39, 0.29) is 0 Å². The molecule has 1 atom stereocenters. The van der Waals surface area contributed by atoms with E-state index in [1.165, 1.54) is 18.4 Å². The second-order valence-corrected chi connectivity index (χ2v) is 6.14. The van der Waals surface area contributed by atoms with Gasteiger partial charge in [-0.15, -0.1) is 0 Å². The minimum Gasteiger partial charge on any atom is -0.357 e. The van der Waals surface area contributed by atoms with Crippen molar-refractivity contribution in [2.24, 2.45) is 5.92 Å². The van der Waals surface area contributed by atoms with Gasteiger partial charge in [0.25, 0.3) is 0 Å². The van der Waals surface area contributed by atoms with Crippen molar-refractivity contribution in [3.63, 3.8) is 0 Å². The number of nitrogens with one attached hydrogen (secondary N) is 1. The Bertz CT molecular complexity index is 424. The number of aromatic nitrogens is 1. The first-order valence-electron chi connectivity index (χ1n) is 7.41. The molecule has 0 amide bonds. The van der Waals surface area contributed by atoms with Crippen LogP contribution < -0.4 is 10.2 Å². The van der Waals surface area contributed by atoms with Crippen molar-refractivity contribution >= 4 is 5.82 Å². The molecule has 1 aromatic rings. The third-order valence-corrected chi connectivity index (χ3v) is 4.16. The van der Waals surface area contributed by atoms with E-state index in [1.807, 2.05) is 0 Å². The van der Waals surface area contributed by atoms with Crippen molar-refractivity contribution in [1.29, 1.82) is 0 Å². The average molecular weight is 261 g/mol. The second-order valence-electron chi connectivity index (χ2n) is 6.14. The van der Waals surface area contributed by atoms with Crippen molar-refractivity contribution < 1.29 is 0 Å². The Labute approximate surface area is 117 Å². The van der Waals surface area contributed by atoms with Gasteiger partial charge in [-0.05, 0) is 44.2 Å². The van der Waals surface area contributed by atoms with Crippen molar-refractivity contribution in [3.8, 4) is 0 Å². The normalized spacial score (nSPS) is 16.7. The van der Waals surface area contributed by atoms with Crippen LogP contribution in [-0.4, -0.2) is 24.1 Å². The van der Waals surface area contributed by atoms with Crippen LogP contribution in [-0.2, 0) is 6.54 Å². The van der Waals surface area contributed by atoms with E-state index in [0.717, 1.165) is 24.0 Å². The molecule has 1 unspecified atom stereocenters. The van der Waals surface area contributed by atoms with Crippen LogP contribution in [0, 0.1) is 12.8 Å². The number of nitrogens with zero attached hydrogens (tertiary/aromatic N) is 2. The molecule has 1 aromatic heterocycles. The largest absolute Gasteiger partial charge is 0.357 e. The van der Waals surface area contributed by atoms with Gasteiger partial charge in [-0.2, -0.15) is 0 Å². The van der Waals surface area contributed by atoms with E-state index >= 15 is 0 Å². The first-order valence-corrected chi connectivity index (χ1v) is 7.41. The molecule has 106 valence electrons. The van der Waals surface area contributed by atoms with Crippen LogP contribution in [0.15, 0.2) is 12.1 Å². The molecule has 1 N–H and O–H groups in total. The summed E-state index contributed by atoms with van der Waals surface area (Å²) in [6, 6.07) is 5.48. The Kier molecular flexibility index (Phi) is 4.46. The Morgan fingerprint density at radius 2 is 2.00 bits per heavy atom. The highest BCUT2D eigenvalue weighted by molar-refractivity contribution is 5.42. The Hall–Kier alpha value is -1.09. The van der Waals surface area contributed by atoms with Gasteiger partial charge in [0, 0.05) is 31.4 Å². The smallest absolute Gasteiger partial charge is 0.128 e. The fourth-order valence-corrected chi connectivity index (χ4v) is 2.38. The first-order chi connectivity index (χ1) is 8.99. The standard InChI is InChI=1S/C16H27N3/c1-11(2)17-10-15-8-9-16(18-12(15)3)19(5)13(4)14-6-7-14/h8-9,11,13-14,17H,6-7,10H2,1-5H3. The average Bonchev–Trinajstić information content (AvgIpc) is 3.19. The monoisotopic (exact) mass is 261 g/mol. The lowest BCUT2D eigenvalue weighted by Gasteiger charge is -2.26. The van der Waals surface area contributed by atoms with Crippen LogP contribution in [0.1, 0.15) is 44.9 Å². The molecule has 3 heteroatoms. The van der Waals surface area contributed by atoms with Crippen LogP contribution in [0.25, 0.3) is 0 Å². The molecule has 0 bridgehead atoms. The quantitative estimate of drug-likeness (QED) is 0.853. The van der Waals surface area contributed by atoms with E-state index in [2.05, 4.69) is 57.1 Å². The lowest BCUT2D eigenvalue weighted by molar-refractivity contribution is 0.584. The third-order valence-electron chi connectivity index (χ3n) is 4.16. The molecular formula is C16H27N3. The molecule has 2 rings (SSSR count). The molecular weight excluding hydrogens is 234 g/mol. The SMILES string of the molecule is Cc1nc(N(C)C(C)C2CC2)ccc1CNC(C)C. The van der Waals surface area contributed by atoms with Gasteiger partial charge in [0.1, 0.15) is 5.82 Å². The van der Waals surface area contributed by atoms with Gasteiger partial charge in [0.15, 0.2) is 0 Å². The number of hydrogen-bond acceptors (Lipinski definition) is 3. The van der Waals surface area contributed by atoms with Gasteiger partial charge in [-0.1, -0.05) is 19.9 Å². The molecule has 3 nitrogen and oxygen atoms in total. The van der Waals surface area contributed by atoms with Gasteiger partial charge in [-0.3, -0.25) is 0 Å². The highest BCUT2D eigenvalue weighted by atomic mass is 15.2. The number of aryl methyl sites for hydroxylation is 1. The van der Waals surface area contributed by atoms with Gasteiger partial charge in [0.2, 0.25) is 0 Å². The molecule has 0 aliphatic heterocycles. The maximum absolute atomic E-state index is 4.77. The van der Waals surface area contributed by atoms with Crippen LogP contribution in [0.5, 0.6) is 0 Å². The summed E-state index contributed by atoms with van der Waals surface area (Å²) >= 11 is 0. The van der Waals surface area contributed by atoms with E-state index in [4.69, 9.17) is 4.98 Å². The molecule has 1 heterocycles. The highest BCUT2D eigenvalue weighted by Gasteiger charge is 2.31. The fraction of sp³-hybridized carbons (Fsp3) is 0.688. The lowest BCUT2D eigenvalue weighted by Crippen LogP contribution is -2.31. The van der Waals surface area contributed by atoms with Gasteiger partial charge < -0.3 is 10.2 Å². The molecule has 1 aliphatic carbocycles. The molecule has 0 saturated heterocycles. The second kappa shape index (κ2) is 5.91. The highest BCUT2D eigenvalue weighted by Crippen LogP contribution is 2.35. The minimum absolute atomic E-state index is 0.511. The summed E-state index contributed by atoms with van der Waals surface area (Å²) in [5.74, 6) is 1.97. The van der Waals surface area contributed by atoms with Crippen LogP contribution >= 0.6 is 0 Å². The summed E-state index contributed by atoms with van der Waals surface area (Å²) in [5, 5.41) is 3.45. The predicted molar refractivity (Wildman–Crippen MR) is 81.5 cm³/mol. The zero-order valence-electron chi connectivity index (χ0n) is 12.9. The number of rotatable bonds is 6. The van der Waals surface area contributed by atoms with Crippen molar-refractivity contribution in [2.75, 3.05) is 11.9 Å². The number of anilines is 1. The molecule has 0 spiro atoms. The summed E-state index contributed by atoms with van der Waals surface area (Å²) < 4.78 is 0. The predicted octanol–water partition coefficient (Wildman–Crippen LogP) is 3.12. The zero-order valence-corrected chi connectivity index (χ0v) is 12.9. The summed E-state index contributed by atoms with van der Waals surface area (Å²) in [7, 11) is 2.16. The molecule has 19 heavy (non-hydrogen) atoms. The number of pyridine rings is 1. The fourth-order valence-electron chi connectivity index (χ4n) is 2.38. The molecule has 0 radical (unpaired) electrons. The van der Waals surface area contributed by atoms with Crippen molar-refractivity contribution in [1.82, 2.24) is 10.3 Å². The number of hydrogen-bond donors (Lipinski definition) is 1. The minimum atomic E-state index is 0.511. The zero-order chi connectivity index (χ0) is 14.0. The third kappa shape index (κ3) is 3.69. The summed E-state index contributed by atoms with van der Waals surface area (Å²) in [4.78, 5) is 7.09. The van der Waals surface area contributed by atoms with Crippen LogP contribution in [0.3, 0.4) is 0 Å². The molecule has 0 aromatic carbocycles. The Morgan fingerprint density at radius 3 is 2.53 bits per heavy atom. The Balaban J connectivity index is 2.04. The Morgan fingerprint density at radius 1 is 1.32 bits per heavy atom. The van der Waals surface area contributed by atoms with E-state index < -0.39 is 0 Å². The molecule has 1 aliphatic rings. The maximum Gasteiger partial charge on any atom is 0.128 e. The first kappa shape index (κ1) is 14.3. The molecule has 1 saturated carbocycles. The summed E-state index contributed by atoms with van der Waals surface area (Å²) in [6.07, 6.45) is 2.75. The summed E-state index contributed by atoms with van der Waals surface area (Å²) in [5.41, 5.74) is 2.44. The van der Waals surface area contributed by atoms with Crippen LogP contribution in [0.2, 0.25) is 0 Å².